The van der Waals surface area contributed by atoms with E-state index in [4.69, 9.17) is 0 Å². The topological polar surface area (TPSA) is 41.1 Å². The fourth-order valence-corrected chi connectivity index (χ4v) is 3.06. The molecule has 26 heavy (non-hydrogen) atoms. The van der Waals surface area contributed by atoms with E-state index >= 15 is 0 Å². The fraction of sp³-hybridized carbons (Fsp3) is 0.350. The largest absolute Gasteiger partial charge is 0.349 e. The maximum atomic E-state index is 13.6. The van der Waals surface area contributed by atoms with Crippen molar-refractivity contribution in [1.29, 1.82) is 0 Å². The standard InChI is InChI=1S/C20H22F2N2O.ClH/c1-13(16-11-23-12-16)20(25)24-19(15-5-3-7-18(22)10-15)9-14-4-2-6-17(21)8-14;/h2-8,10,13,16,19,23H,9,11-12H2,1H3,(H,24,25);1H. The van der Waals surface area contributed by atoms with Gasteiger partial charge in [-0.2, -0.15) is 0 Å². The van der Waals surface area contributed by atoms with Gasteiger partial charge >= 0.3 is 0 Å². The molecule has 1 aliphatic heterocycles. The number of halogens is 3. The molecule has 1 amide bonds. The molecule has 2 aromatic rings. The molecule has 1 saturated heterocycles. The van der Waals surface area contributed by atoms with E-state index in [2.05, 4.69) is 10.6 Å². The first kappa shape index (κ1) is 20.3. The third-order valence-corrected chi connectivity index (χ3v) is 4.83. The van der Waals surface area contributed by atoms with Gasteiger partial charge in [-0.3, -0.25) is 4.79 Å². The maximum Gasteiger partial charge on any atom is 0.223 e. The van der Waals surface area contributed by atoms with Gasteiger partial charge in [0.05, 0.1) is 6.04 Å². The van der Waals surface area contributed by atoms with Crippen molar-refractivity contribution in [3.8, 4) is 0 Å². The number of carbonyl (C=O) groups is 1. The van der Waals surface area contributed by atoms with Crippen molar-refractivity contribution in [2.75, 3.05) is 13.1 Å². The van der Waals surface area contributed by atoms with E-state index < -0.39 is 6.04 Å². The molecule has 1 heterocycles. The lowest BCUT2D eigenvalue weighted by Gasteiger charge is -2.33. The van der Waals surface area contributed by atoms with Crippen molar-refractivity contribution in [3.05, 3.63) is 71.3 Å². The number of nitrogens with one attached hydrogen (secondary N) is 2. The van der Waals surface area contributed by atoms with Crippen LogP contribution in [0.15, 0.2) is 48.5 Å². The van der Waals surface area contributed by atoms with Gasteiger partial charge < -0.3 is 10.6 Å². The molecule has 140 valence electrons. The average molecular weight is 381 g/mol. The van der Waals surface area contributed by atoms with E-state index in [1.54, 1.807) is 24.3 Å². The van der Waals surface area contributed by atoms with Gasteiger partial charge in [-0.15, -0.1) is 12.4 Å². The second-order valence-electron chi connectivity index (χ2n) is 6.66. The Morgan fingerprint density at radius 1 is 1.15 bits per heavy atom. The number of carbonyl (C=O) groups excluding carboxylic acids is 1. The number of benzene rings is 2. The molecule has 3 nitrogen and oxygen atoms in total. The van der Waals surface area contributed by atoms with E-state index in [1.807, 2.05) is 6.92 Å². The highest BCUT2D eigenvalue weighted by Gasteiger charge is 2.30. The van der Waals surface area contributed by atoms with Gasteiger partial charge in [0.2, 0.25) is 5.91 Å². The molecule has 0 spiro atoms. The van der Waals surface area contributed by atoms with Crippen LogP contribution in [0.5, 0.6) is 0 Å². The van der Waals surface area contributed by atoms with Crippen LogP contribution >= 0.6 is 12.4 Å². The van der Waals surface area contributed by atoms with E-state index in [-0.39, 0.29) is 35.9 Å². The lowest BCUT2D eigenvalue weighted by molar-refractivity contribution is -0.127. The molecule has 0 bridgehead atoms. The molecular weight excluding hydrogens is 358 g/mol. The molecule has 2 aromatic carbocycles. The number of hydrogen-bond donors (Lipinski definition) is 2. The number of amides is 1. The summed E-state index contributed by atoms with van der Waals surface area (Å²) in [5, 5.41) is 6.19. The monoisotopic (exact) mass is 380 g/mol. The van der Waals surface area contributed by atoms with Crippen molar-refractivity contribution in [2.45, 2.75) is 19.4 Å². The van der Waals surface area contributed by atoms with Crippen LogP contribution in [0, 0.1) is 23.5 Å². The highest BCUT2D eigenvalue weighted by atomic mass is 35.5. The minimum Gasteiger partial charge on any atom is -0.349 e. The van der Waals surface area contributed by atoms with E-state index in [1.165, 1.54) is 24.3 Å². The summed E-state index contributed by atoms with van der Waals surface area (Å²) in [5.41, 5.74) is 1.43. The molecule has 2 N–H and O–H groups in total. The van der Waals surface area contributed by atoms with Crippen molar-refractivity contribution in [2.24, 2.45) is 11.8 Å². The number of rotatable bonds is 6. The summed E-state index contributed by atoms with van der Waals surface area (Å²) < 4.78 is 27.1. The van der Waals surface area contributed by atoms with Crippen molar-refractivity contribution < 1.29 is 13.6 Å². The summed E-state index contributed by atoms with van der Waals surface area (Å²) in [5.74, 6) is -0.535. The van der Waals surface area contributed by atoms with Crippen LogP contribution in [0.3, 0.4) is 0 Å². The zero-order valence-corrected chi connectivity index (χ0v) is 15.4. The molecule has 0 saturated carbocycles. The Morgan fingerprint density at radius 3 is 2.38 bits per heavy atom. The summed E-state index contributed by atoms with van der Waals surface area (Å²) in [6.07, 6.45) is 0.405. The van der Waals surface area contributed by atoms with Gasteiger partial charge in [0, 0.05) is 5.92 Å². The Labute approximate surface area is 158 Å². The lowest BCUT2D eigenvalue weighted by Crippen LogP contribution is -2.50. The molecular formula is C20H23ClF2N2O. The van der Waals surface area contributed by atoms with Crippen LogP contribution in [-0.2, 0) is 11.2 Å². The minimum absolute atomic E-state index is 0. The smallest absolute Gasteiger partial charge is 0.223 e. The highest BCUT2D eigenvalue weighted by Crippen LogP contribution is 2.23. The van der Waals surface area contributed by atoms with E-state index in [9.17, 15) is 13.6 Å². The number of hydrogen-bond acceptors (Lipinski definition) is 2. The molecule has 1 fully saturated rings. The van der Waals surface area contributed by atoms with Crippen LogP contribution < -0.4 is 10.6 Å². The Morgan fingerprint density at radius 2 is 1.81 bits per heavy atom. The summed E-state index contributed by atoms with van der Waals surface area (Å²) in [7, 11) is 0. The lowest BCUT2D eigenvalue weighted by atomic mass is 9.87. The Hall–Kier alpha value is -1.98. The van der Waals surface area contributed by atoms with Gasteiger partial charge in [-0.05, 0) is 60.8 Å². The first-order chi connectivity index (χ1) is 12.0. The Kier molecular flexibility index (Phi) is 7.12. The average Bonchev–Trinajstić information content (AvgIpc) is 2.52. The van der Waals surface area contributed by atoms with Gasteiger partial charge in [-0.25, -0.2) is 8.78 Å². The quantitative estimate of drug-likeness (QED) is 0.803. The minimum atomic E-state index is -0.402. The SMILES string of the molecule is CC(C(=O)NC(Cc1cccc(F)c1)c1cccc(F)c1)C1CNC1.Cl. The van der Waals surface area contributed by atoms with E-state index in [0.29, 0.717) is 17.9 Å². The zero-order chi connectivity index (χ0) is 17.8. The second-order valence-corrected chi connectivity index (χ2v) is 6.66. The highest BCUT2D eigenvalue weighted by molar-refractivity contribution is 5.85. The molecule has 2 unspecified atom stereocenters. The summed E-state index contributed by atoms with van der Waals surface area (Å²) in [4.78, 5) is 12.6. The fourth-order valence-electron chi connectivity index (χ4n) is 3.06. The van der Waals surface area contributed by atoms with Crippen LogP contribution in [0.1, 0.15) is 24.1 Å². The Balaban J connectivity index is 0.00000243. The van der Waals surface area contributed by atoms with Crippen LogP contribution in [0.25, 0.3) is 0 Å². The molecule has 0 aliphatic carbocycles. The molecule has 0 aromatic heterocycles. The second kappa shape index (κ2) is 9.10. The molecule has 0 radical (unpaired) electrons. The predicted octanol–water partition coefficient (Wildman–Crippen LogP) is 3.64. The Bertz CT molecular complexity index is 752. The first-order valence-electron chi connectivity index (χ1n) is 8.54. The first-order valence-corrected chi connectivity index (χ1v) is 8.54. The van der Waals surface area contributed by atoms with Gasteiger partial charge in [-0.1, -0.05) is 31.2 Å². The van der Waals surface area contributed by atoms with Gasteiger partial charge in [0.15, 0.2) is 0 Å². The predicted molar refractivity (Wildman–Crippen MR) is 100 cm³/mol. The van der Waals surface area contributed by atoms with Crippen molar-refractivity contribution >= 4 is 18.3 Å². The maximum absolute atomic E-state index is 13.6. The summed E-state index contributed by atoms with van der Waals surface area (Å²) in [6.45, 7) is 3.58. The summed E-state index contributed by atoms with van der Waals surface area (Å²) >= 11 is 0. The molecule has 6 heteroatoms. The molecule has 3 rings (SSSR count). The van der Waals surface area contributed by atoms with Crippen LogP contribution in [0.4, 0.5) is 8.78 Å². The van der Waals surface area contributed by atoms with Gasteiger partial charge in [0.25, 0.3) is 0 Å². The molecule has 1 aliphatic rings. The summed E-state index contributed by atoms with van der Waals surface area (Å²) in [6, 6.07) is 12.0. The van der Waals surface area contributed by atoms with Crippen LogP contribution in [0.2, 0.25) is 0 Å². The normalized spacial score (nSPS) is 16.1. The molecule has 2 atom stereocenters. The van der Waals surface area contributed by atoms with E-state index in [0.717, 1.165) is 18.7 Å². The van der Waals surface area contributed by atoms with Crippen molar-refractivity contribution in [3.63, 3.8) is 0 Å². The van der Waals surface area contributed by atoms with Crippen LogP contribution in [-0.4, -0.2) is 19.0 Å². The third kappa shape index (κ3) is 5.02. The van der Waals surface area contributed by atoms with Gasteiger partial charge in [0.1, 0.15) is 11.6 Å². The van der Waals surface area contributed by atoms with Crippen molar-refractivity contribution in [1.82, 2.24) is 10.6 Å². The zero-order valence-electron chi connectivity index (χ0n) is 14.5. The third-order valence-electron chi connectivity index (χ3n) is 4.83.